The number of alkyl carbamates (subject to hydrolysis) is 1. The van der Waals surface area contributed by atoms with Crippen LogP contribution in [0.3, 0.4) is 0 Å². The molecule has 0 aliphatic heterocycles. The number of ether oxygens (including phenoxy) is 1. The summed E-state index contributed by atoms with van der Waals surface area (Å²) >= 11 is 1.12. The molecule has 0 spiro atoms. The summed E-state index contributed by atoms with van der Waals surface area (Å²) in [6.07, 6.45) is 0.560. The van der Waals surface area contributed by atoms with Crippen LogP contribution < -0.4 is 5.32 Å². The first-order chi connectivity index (χ1) is 7.61. The van der Waals surface area contributed by atoms with Crippen molar-refractivity contribution in [3.8, 4) is 6.07 Å². The highest BCUT2D eigenvalue weighted by Crippen LogP contribution is 2.02. The Kier molecular flexibility index (Phi) is 7.71. The van der Waals surface area contributed by atoms with Crippen molar-refractivity contribution in [2.24, 2.45) is 0 Å². The number of carbonyl (C=O) groups is 2. The van der Waals surface area contributed by atoms with E-state index in [4.69, 9.17) is 10.4 Å². The third-order valence-corrected chi connectivity index (χ3v) is 2.28. The summed E-state index contributed by atoms with van der Waals surface area (Å²) in [7, 11) is 0. The van der Waals surface area contributed by atoms with Crippen molar-refractivity contribution >= 4 is 23.8 Å². The minimum atomic E-state index is -1.17. The van der Waals surface area contributed by atoms with E-state index < -0.39 is 18.1 Å². The van der Waals surface area contributed by atoms with E-state index in [1.54, 1.807) is 0 Å². The molecule has 0 fully saturated rings. The molecule has 0 bridgehead atoms. The minimum Gasteiger partial charge on any atom is -0.480 e. The Balaban J connectivity index is 4.02. The molecule has 0 aliphatic rings. The Morgan fingerprint density at radius 3 is 2.88 bits per heavy atom. The van der Waals surface area contributed by atoms with Gasteiger partial charge in [-0.05, 0) is 0 Å². The fraction of sp³-hybridized carbons (Fsp3) is 0.444. The van der Waals surface area contributed by atoms with E-state index >= 15 is 0 Å². The van der Waals surface area contributed by atoms with Crippen LogP contribution in [0.2, 0.25) is 0 Å². The van der Waals surface area contributed by atoms with Gasteiger partial charge in [0.25, 0.3) is 0 Å². The van der Waals surface area contributed by atoms with Gasteiger partial charge in [-0.15, -0.1) is 11.8 Å². The average Bonchev–Trinajstić information content (AvgIpc) is 2.25. The number of hydrogen-bond acceptors (Lipinski definition) is 5. The number of aliphatic carboxylic acids is 1. The van der Waals surface area contributed by atoms with Crippen LogP contribution in [-0.4, -0.2) is 41.3 Å². The maximum absolute atomic E-state index is 11.0. The van der Waals surface area contributed by atoms with Crippen molar-refractivity contribution in [2.75, 3.05) is 18.1 Å². The summed E-state index contributed by atoms with van der Waals surface area (Å²) in [6, 6.07) is 0.803. The van der Waals surface area contributed by atoms with Gasteiger partial charge in [-0.25, -0.2) is 9.59 Å². The van der Waals surface area contributed by atoms with Gasteiger partial charge in [-0.3, -0.25) is 0 Å². The molecule has 0 unspecified atom stereocenters. The van der Waals surface area contributed by atoms with Crippen LogP contribution >= 0.6 is 11.8 Å². The van der Waals surface area contributed by atoms with E-state index in [0.29, 0.717) is 0 Å². The molecule has 0 aromatic carbocycles. The largest absolute Gasteiger partial charge is 0.480 e. The Morgan fingerprint density at radius 2 is 2.38 bits per heavy atom. The zero-order valence-corrected chi connectivity index (χ0v) is 9.33. The van der Waals surface area contributed by atoms with Gasteiger partial charge in [-0.1, -0.05) is 12.7 Å². The van der Waals surface area contributed by atoms with Crippen molar-refractivity contribution in [1.82, 2.24) is 5.32 Å². The molecule has 7 heteroatoms. The normalized spacial score (nSPS) is 10.9. The molecule has 1 amide bonds. The number of carboxylic acids is 1. The maximum Gasteiger partial charge on any atom is 0.408 e. The van der Waals surface area contributed by atoms with Crippen LogP contribution in [0.25, 0.3) is 0 Å². The van der Waals surface area contributed by atoms with Crippen LogP contribution in [0, 0.1) is 11.3 Å². The molecular weight excluding hydrogens is 232 g/mol. The number of thioether (sulfide) groups is 1. The molecule has 1 atom stereocenters. The van der Waals surface area contributed by atoms with Crippen molar-refractivity contribution in [3.05, 3.63) is 12.7 Å². The highest BCUT2D eigenvalue weighted by atomic mass is 32.2. The second-order valence-corrected chi connectivity index (χ2v) is 3.63. The van der Waals surface area contributed by atoms with Crippen molar-refractivity contribution < 1.29 is 19.4 Å². The molecule has 0 heterocycles. The van der Waals surface area contributed by atoms with Crippen LogP contribution in [0.5, 0.6) is 0 Å². The first-order valence-electron chi connectivity index (χ1n) is 4.33. The monoisotopic (exact) mass is 244 g/mol. The summed E-state index contributed by atoms with van der Waals surface area (Å²) in [5, 5.41) is 19.2. The Labute approximate surface area is 97.3 Å². The van der Waals surface area contributed by atoms with E-state index in [2.05, 4.69) is 16.6 Å². The molecular formula is C9H12N2O4S. The fourth-order valence-electron chi connectivity index (χ4n) is 0.716. The first-order valence-corrected chi connectivity index (χ1v) is 5.49. The van der Waals surface area contributed by atoms with E-state index in [1.807, 2.05) is 6.07 Å². The number of nitrogens with zero attached hydrogens (tertiary/aromatic N) is 1. The molecule has 0 saturated carbocycles. The van der Waals surface area contributed by atoms with Crippen LogP contribution in [-0.2, 0) is 9.53 Å². The number of nitriles is 1. The van der Waals surface area contributed by atoms with Gasteiger partial charge >= 0.3 is 12.1 Å². The predicted octanol–water partition coefficient (Wildman–Crippen LogP) is 0.609. The van der Waals surface area contributed by atoms with Gasteiger partial charge in [-0.2, -0.15) is 5.26 Å². The molecule has 2 N–H and O–H groups in total. The number of carbonyl (C=O) groups excluding carboxylic acids is 1. The Bertz CT molecular complexity index is 300. The lowest BCUT2D eigenvalue weighted by Crippen LogP contribution is -2.42. The molecule has 0 rings (SSSR count). The maximum atomic E-state index is 11.0. The van der Waals surface area contributed by atoms with Gasteiger partial charge in [0.1, 0.15) is 12.6 Å². The second-order valence-electron chi connectivity index (χ2n) is 2.60. The molecule has 16 heavy (non-hydrogen) atoms. The summed E-state index contributed by atoms with van der Waals surface area (Å²) in [5.41, 5.74) is 0. The highest BCUT2D eigenvalue weighted by Gasteiger charge is 2.20. The minimum absolute atomic E-state index is 0.0174. The second kappa shape index (κ2) is 8.61. The predicted molar refractivity (Wildman–Crippen MR) is 59.0 cm³/mol. The standard InChI is InChI=1S/C9H12N2O4S/c1-2-4-15-9(14)11-7(8(12)13)6-16-5-3-10/h2,7H,1,4-6H2,(H,11,14)(H,12,13)/t7-/m0/s1. The zero-order chi connectivity index (χ0) is 12.4. The lowest BCUT2D eigenvalue weighted by molar-refractivity contribution is -0.138. The summed E-state index contributed by atoms with van der Waals surface area (Å²) < 4.78 is 4.57. The van der Waals surface area contributed by atoms with Crippen LogP contribution in [0.15, 0.2) is 12.7 Å². The number of rotatable bonds is 7. The average molecular weight is 244 g/mol. The third-order valence-electron chi connectivity index (χ3n) is 1.37. The van der Waals surface area contributed by atoms with Crippen molar-refractivity contribution in [2.45, 2.75) is 6.04 Å². The molecule has 0 saturated heterocycles. The van der Waals surface area contributed by atoms with E-state index in [1.165, 1.54) is 6.08 Å². The first kappa shape index (κ1) is 14.3. The van der Waals surface area contributed by atoms with Gasteiger partial charge in [0.05, 0.1) is 11.8 Å². The van der Waals surface area contributed by atoms with Gasteiger partial charge in [0.15, 0.2) is 0 Å². The molecule has 0 aliphatic carbocycles. The van der Waals surface area contributed by atoms with Crippen LogP contribution in [0.4, 0.5) is 4.79 Å². The van der Waals surface area contributed by atoms with Gasteiger partial charge in [0.2, 0.25) is 0 Å². The molecule has 88 valence electrons. The topological polar surface area (TPSA) is 99.4 Å². The third kappa shape index (κ3) is 6.73. The Morgan fingerprint density at radius 1 is 1.69 bits per heavy atom. The summed E-state index contributed by atoms with van der Waals surface area (Å²) in [6.45, 7) is 3.36. The molecule has 0 aromatic heterocycles. The van der Waals surface area contributed by atoms with E-state index in [9.17, 15) is 9.59 Å². The molecule has 6 nitrogen and oxygen atoms in total. The fourth-order valence-corrected chi connectivity index (χ4v) is 1.39. The van der Waals surface area contributed by atoms with Crippen LogP contribution in [0.1, 0.15) is 0 Å². The van der Waals surface area contributed by atoms with Crippen molar-refractivity contribution in [3.63, 3.8) is 0 Å². The SMILES string of the molecule is C=CCOC(=O)N[C@@H](CSCC#N)C(=O)O. The quantitative estimate of drug-likeness (QED) is 0.502. The van der Waals surface area contributed by atoms with Crippen molar-refractivity contribution in [1.29, 1.82) is 5.26 Å². The van der Waals surface area contributed by atoms with Gasteiger partial charge in [0, 0.05) is 5.75 Å². The number of nitrogens with one attached hydrogen (secondary N) is 1. The highest BCUT2D eigenvalue weighted by molar-refractivity contribution is 7.99. The molecule has 0 radical (unpaired) electrons. The van der Waals surface area contributed by atoms with Gasteiger partial charge < -0.3 is 15.2 Å². The van der Waals surface area contributed by atoms with E-state index in [0.717, 1.165) is 11.8 Å². The van der Waals surface area contributed by atoms with E-state index in [-0.39, 0.29) is 18.1 Å². The summed E-state index contributed by atoms with van der Waals surface area (Å²) in [5.74, 6) is -0.875. The number of carboxylic acid groups (broad SMARTS) is 1. The molecule has 0 aromatic rings. The Hall–Kier alpha value is -1.68. The summed E-state index contributed by atoms with van der Waals surface area (Å²) in [4.78, 5) is 21.7. The lowest BCUT2D eigenvalue weighted by Gasteiger charge is -2.12. The smallest absolute Gasteiger partial charge is 0.408 e. The zero-order valence-electron chi connectivity index (χ0n) is 8.51. The lowest BCUT2D eigenvalue weighted by atomic mass is 10.3. The number of amides is 1. The number of hydrogen-bond donors (Lipinski definition) is 2.